The van der Waals surface area contributed by atoms with Gasteiger partial charge < -0.3 is 0 Å². The molecule has 2 rings (SSSR count). The van der Waals surface area contributed by atoms with Crippen LogP contribution in [0.4, 0.5) is 0 Å². The first kappa shape index (κ1) is 12.9. The van der Waals surface area contributed by atoms with E-state index >= 15 is 0 Å². The van der Waals surface area contributed by atoms with Crippen molar-refractivity contribution >= 4 is 12.6 Å². The van der Waals surface area contributed by atoms with E-state index in [9.17, 15) is 0 Å². The summed E-state index contributed by atoms with van der Waals surface area (Å²) in [5.74, 6) is 0. The van der Waals surface area contributed by atoms with Crippen molar-refractivity contribution in [3.8, 4) is 0 Å². The summed E-state index contributed by atoms with van der Waals surface area (Å²) < 4.78 is 0. The molecule has 2 atom stereocenters. The number of pyridine rings is 1. The third-order valence-electron chi connectivity index (χ3n) is 3.67. The average molecular weight is 250 g/mol. The van der Waals surface area contributed by atoms with Gasteiger partial charge in [0, 0.05) is 23.7 Å². The molecule has 0 aromatic carbocycles. The number of rotatable bonds is 2. The summed E-state index contributed by atoms with van der Waals surface area (Å²) in [4.78, 5) is 6.84. The topological polar surface area (TPSA) is 16.1 Å². The van der Waals surface area contributed by atoms with Gasteiger partial charge in [0.15, 0.2) is 0 Å². The van der Waals surface area contributed by atoms with Crippen LogP contribution < -0.4 is 0 Å². The van der Waals surface area contributed by atoms with Gasteiger partial charge in [0.25, 0.3) is 0 Å². The molecule has 1 aliphatic heterocycles. The van der Waals surface area contributed by atoms with E-state index in [2.05, 4.69) is 42.6 Å². The van der Waals surface area contributed by atoms with Crippen LogP contribution in [-0.2, 0) is 0 Å². The molecule has 0 N–H and O–H groups in total. The maximum absolute atomic E-state index is 4.49. The Hall–Kier alpha value is -0.540. The van der Waals surface area contributed by atoms with Crippen LogP contribution in [-0.4, -0.2) is 23.5 Å². The van der Waals surface area contributed by atoms with Crippen molar-refractivity contribution in [1.29, 1.82) is 0 Å². The third kappa shape index (κ3) is 3.23. The Morgan fingerprint density at radius 1 is 1.35 bits per heavy atom. The van der Waals surface area contributed by atoms with Crippen LogP contribution in [0, 0.1) is 0 Å². The van der Waals surface area contributed by atoms with Gasteiger partial charge in [0.05, 0.1) is 0 Å². The van der Waals surface area contributed by atoms with Gasteiger partial charge in [-0.15, -0.1) is 0 Å². The van der Waals surface area contributed by atoms with E-state index < -0.39 is 0 Å². The van der Waals surface area contributed by atoms with Crippen molar-refractivity contribution in [3.05, 3.63) is 29.6 Å². The maximum Gasteiger partial charge on any atom is 0.0360 e. The highest BCUT2D eigenvalue weighted by molar-refractivity contribution is 7.80. The predicted octanol–water partition coefficient (Wildman–Crippen LogP) is 3.62. The van der Waals surface area contributed by atoms with Crippen molar-refractivity contribution in [2.75, 3.05) is 13.6 Å². The molecule has 1 fully saturated rings. The summed E-state index contributed by atoms with van der Waals surface area (Å²) in [6.07, 6.45) is 9.21. The Morgan fingerprint density at radius 3 is 2.94 bits per heavy atom. The molecule has 2 heterocycles. The molecule has 1 aromatic rings. The molecular weight excluding hydrogens is 228 g/mol. The summed E-state index contributed by atoms with van der Waals surface area (Å²) in [7, 11) is 2.23. The first-order valence-corrected chi connectivity index (χ1v) is 7.03. The zero-order chi connectivity index (χ0) is 12.3. The van der Waals surface area contributed by atoms with Crippen LogP contribution in [0.2, 0.25) is 0 Å². The van der Waals surface area contributed by atoms with Gasteiger partial charge in [-0.3, -0.25) is 9.88 Å². The Kier molecular flexibility index (Phi) is 4.46. The van der Waals surface area contributed by atoms with Crippen molar-refractivity contribution in [3.63, 3.8) is 0 Å². The number of aromatic nitrogens is 1. The van der Waals surface area contributed by atoms with Crippen LogP contribution in [0.15, 0.2) is 18.5 Å². The van der Waals surface area contributed by atoms with Crippen molar-refractivity contribution in [2.45, 2.75) is 43.9 Å². The molecule has 1 aromatic heterocycles. The normalized spacial score (nSPS) is 24.3. The molecule has 2 nitrogen and oxygen atoms in total. The third-order valence-corrected chi connectivity index (χ3v) is 3.97. The lowest BCUT2D eigenvalue weighted by atomic mass is 10.0. The molecule has 94 valence electrons. The van der Waals surface area contributed by atoms with Gasteiger partial charge in [0.1, 0.15) is 0 Å². The Bertz CT molecular complexity index is 365. The summed E-state index contributed by atoms with van der Waals surface area (Å²) in [6.45, 7) is 3.30. The van der Waals surface area contributed by atoms with Crippen LogP contribution in [0.5, 0.6) is 0 Å². The minimum absolute atomic E-state index is 0.263. The van der Waals surface area contributed by atoms with Crippen molar-refractivity contribution < 1.29 is 0 Å². The van der Waals surface area contributed by atoms with E-state index in [1.807, 2.05) is 12.4 Å². The average Bonchev–Trinajstić information content (AvgIpc) is 2.54. The number of hydrogen-bond acceptors (Lipinski definition) is 3. The monoisotopic (exact) mass is 250 g/mol. The van der Waals surface area contributed by atoms with Gasteiger partial charge in [-0.25, -0.2) is 0 Å². The fourth-order valence-electron chi connectivity index (χ4n) is 2.56. The lowest BCUT2D eigenvalue weighted by Crippen LogP contribution is -2.24. The molecule has 0 aliphatic carbocycles. The highest BCUT2D eigenvalue weighted by Gasteiger charge is 2.20. The van der Waals surface area contributed by atoms with E-state index in [4.69, 9.17) is 0 Å². The van der Waals surface area contributed by atoms with E-state index in [0.717, 1.165) is 0 Å². The first-order valence-electron chi connectivity index (χ1n) is 6.51. The molecule has 17 heavy (non-hydrogen) atoms. The van der Waals surface area contributed by atoms with Gasteiger partial charge in [-0.1, -0.05) is 18.9 Å². The van der Waals surface area contributed by atoms with Crippen molar-refractivity contribution in [2.24, 2.45) is 0 Å². The predicted molar refractivity (Wildman–Crippen MR) is 75.5 cm³/mol. The van der Waals surface area contributed by atoms with Crippen LogP contribution in [0.25, 0.3) is 0 Å². The molecule has 1 saturated heterocycles. The minimum atomic E-state index is 0.263. The number of likely N-dealkylation sites (tertiary alicyclic amines) is 1. The fraction of sp³-hybridized carbons (Fsp3) is 0.643. The molecule has 2 unspecified atom stereocenters. The highest BCUT2D eigenvalue weighted by atomic mass is 32.1. The molecule has 0 amide bonds. The quantitative estimate of drug-likeness (QED) is 0.807. The van der Waals surface area contributed by atoms with Crippen LogP contribution in [0.1, 0.15) is 55.0 Å². The SMILES string of the molecule is CC(S)c1cncc(C2CCCCCN2C)c1. The van der Waals surface area contributed by atoms with E-state index in [1.54, 1.807) is 0 Å². The summed E-state index contributed by atoms with van der Waals surface area (Å²) in [5, 5.41) is 0.263. The van der Waals surface area contributed by atoms with E-state index in [1.165, 1.54) is 43.4 Å². The number of hydrogen-bond donors (Lipinski definition) is 1. The Labute approximate surface area is 110 Å². The molecule has 0 saturated carbocycles. The second-order valence-electron chi connectivity index (χ2n) is 5.07. The second-order valence-corrected chi connectivity index (χ2v) is 5.85. The lowest BCUT2D eigenvalue weighted by molar-refractivity contribution is 0.250. The van der Waals surface area contributed by atoms with Gasteiger partial charge in [0.2, 0.25) is 0 Å². The van der Waals surface area contributed by atoms with Crippen LogP contribution in [0.3, 0.4) is 0 Å². The fourth-order valence-corrected chi connectivity index (χ4v) is 2.70. The first-order chi connectivity index (χ1) is 8.18. The summed E-state index contributed by atoms with van der Waals surface area (Å²) in [5.41, 5.74) is 2.58. The lowest BCUT2D eigenvalue weighted by Gasteiger charge is -2.26. The Morgan fingerprint density at radius 2 is 2.18 bits per heavy atom. The zero-order valence-corrected chi connectivity index (χ0v) is 11.7. The summed E-state index contributed by atoms with van der Waals surface area (Å²) in [6, 6.07) is 2.81. The Balaban J connectivity index is 2.22. The molecule has 1 aliphatic rings. The largest absolute Gasteiger partial charge is 0.299 e. The van der Waals surface area contributed by atoms with Gasteiger partial charge in [-0.05, 0) is 44.5 Å². The smallest absolute Gasteiger partial charge is 0.0360 e. The number of nitrogens with zero attached hydrogens (tertiary/aromatic N) is 2. The second kappa shape index (κ2) is 5.87. The van der Waals surface area contributed by atoms with E-state index in [-0.39, 0.29) is 5.25 Å². The zero-order valence-electron chi connectivity index (χ0n) is 10.8. The molecular formula is C14H22N2S. The molecule has 0 bridgehead atoms. The minimum Gasteiger partial charge on any atom is -0.299 e. The highest BCUT2D eigenvalue weighted by Crippen LogP contribution is 2.30. The van der Waals surface area contributed by atoms with Gasteiger partial charge in [-0.2, -0.15) is 12.6 Å². The molecule has 0 spiro atoms. The summed E-state index contributed by atoms with van der Waals surface area (Å²) >= 11 is 4.49. The van der Waals surface area contributed by atoms with Crippen molar-refractivity contribution in [1.82, 2.24) is 9.88 Å². The van der Waals surface area contributed by atoms with Gasteiger partial charge >= 0.3 is 0 Å². The molecule has 0 radical (unpaired) electrons. The van der Waals surface area contributed by atoms with Crippen LogP contribution >= 0.6 is 12.6 Å². The van der Waals surface area contributed by atoms with E-state index in [0.29, 0.717) is 6.04 Å². The molecule has 3 heteroatoms. The standard InChI is InChI=1S/C14H22N2S/c1-11(17)12-8-13(10-15-9-12)14-6-4-3-5-7-16(14)2/h8-11,14,17H,3-7H2,1-2H3. The maximum atomic E-state index is 4.49. The number of thiol groups is 1.